The van der Waals surface area contributed by atoms with Gasteiger partial charge in [-0.2, -0.15) is 0 Å². The zero-order valence-electron chi connectivity index (χ0n) is 15.4. The number of aromatic amines is 1. The number of H-pyrrole nitrogens is 1. The lowest BCUT2D eigenvalue weighted by Gasteiger charge is -2.31. The Hall–Kier alpha value is -2.71. The van der Waals surface area contributed by atoms with Crippen LogP contribution >= 0.6 is 0 Å². The first-order valence-electron chi connectivity index (χ1n) is 8.95. The molecule has 1 aliphatic rings. The Bertz CT molecular complexity index is 772. The van der Waals surface area contributed by atoms with E-state index in [0.29, 0.717) is 37.1 Å². The molecule has 0 spiro atoms. The highest BCUT2D eigenvalue weighted by Crippen LogP contribution is 2.22. The van der Waals surface area contributed by atoms with E-state index in [2.05, 4.69) is 25.6 Å². The van der Waals surface area contributed by atoms with Gasteiger partial charge < -0.3 is 15.2 Å². The van der Waals surface area contributed by atoms with Gasteiger partial charge in [0, 0.05) is 31.5 Å². The summed E-state index contributed by atoms with van der Waals surface area (Å²) in [6, 6.07) is 0.136. The third-order valence-electron chi connectivity index (χ3n) is 4.45. The number of nitrogens with zero attached hydrogens (tertiary/aromatic N) is 5. The molecule has 3 rings (SSSR count). The SMILES string of the molecule is Cc1cnc(C(=O)N2CCC(n3cc(C(=O)NCC(C)C)nn3)CC2)[nH]1. The number of hydrogen-bond donors (Lipinski definition) is 2. The largest absolute Gasteiger partial charge is 0.350 e. The molecule has 1 fully saturated rings. The van der Waals surface area contributed by atoms with Crippen molar-refractivity contribution in [3.8, 4) is 0 Å². The maximum Gasteiger partial charge on any atom is 0.289 e. The van der Waals surface area contributed by atoms with Crippen molar-refractivity contribution in [2.45, 2.75) is 39.7 Å². The molecule has 9 heteroatoms. The number of aromatic nitrogens is 5. The molecule has 0 aliphatic carbocycles. The van der Waals surface area contributed by atoms with E-state index in [1.807, 2.05) is 20.8 Å². The van der Waals surface area contributed by atoms with Gasteiger partial charge in [0.05, 0.1) is 12.2 Å². The highest BCUT2D eigenvalue weighted by Gasteiger charge is 2.27. The van der Waals surface area contributed by atoms with Crippen LogP contribution in [0, 0.1) is 12.8 Å². The second-order valence-corrected chi connectivity index (χ2v) is 7.13. The van der Waals surface area contributed by atoms with E-state index < -0.39 is 0 Å². The van der Waals surface area contributed by atoms with Crippen LogP contribution in [0.15, 0.2) is 12.4 Å². The Morgan fingerprint density at radius 1 is 1.35 bits per heavy atom. The average Bonchev–Trinajstić information content (AvgIpc) is 3.28. The zero-order valence-corrected chi connectivity index (χ0v) is 15.4. The predicted molar refractivity (Wildman–Crippen MR) is 94.7 cm³/mol. The number of nitrogens with one attached hydrogen (secondary N) is 2. The standard InChI is InChI=1S/C17H25N7O2/c1-11(2)8-19-16(25)14-10-24(22-21-14)13-4-6-23(7-5-13)17(26)15-18-9-12(3)20-15/h9-11,13H,4-8H2,1-3H3,(H,18,20)(H,19,25). The molecule has 0 bridgehead atoms. The van der Waals surface area contributed by atoms with Crippen LogP contribution in [0.2, 0.25) is 0 Å². The maximum absolute atomic E-state index is 12.4. The minimum absolute atomic E-state index is 0.0797. The molecule has 1 aliphatic heterocycles. The molecule has 0 radical (unpaired) electrons. The van der Waals surface area contributed by atoms with Crippen LogP contribution in [-0.2, 0) is 0 Å². The summed E-state index contributed by atoms with van der Waals surface area (Å²) in [6.45, 7) is 7.80. The molecule has 140 valence electrons. The van der Waals surface area contributed by atoms with Crippen molar-refractivity contribution < 1.29 is 9.59 Å². The average molecular weight is 359 g/mol. The minimum atomic E-state index is -0.203. The number of likely N-dealkylation sites (tertiary alicyclic amines) is 1. The van der Waals surface area contributed by atoms with Gasteiger partial charge in [-0.1, -0.05) is 19.1 Å². The summed E-state index contributed by atoms with van der Waals surface area (Å²) in [5.41, 5.74) is 1.20. The molecular formula is C17H25N7O2. The second-order valence-electron chi connectivity index (χ2n) is 7.13. The van der Waals surface area contributed by atoms with Gasteiger partial charge in [-0.05, 0) is 25.7 Å². The van der Waals surface area contributed by atoms with Crippen molar-refractivity contribution in [2.24, 2.45) is 5.92 Å². The molecule has 2 aromatic rings. The number of imidazole rings is 1. The van der Waals surface area contributed by atoms with Gasteiger partial charge in [-0.3, -0.25) is 9.59 Å². The fourth-order valence-electron chi connectivity index (χ4n) is 2.95. The fraction of sp³-hybridized carbons (Fsp3) is 0.588. The topological polar surface area (TPSA) is 109 Å². The third kappa shape index (κ3) is 4.09. The molecule has 9 nitrogen and oxygen atoms in total. The highest BCUT2D eigenvalue weighted by molar-refractivity contribution is 5.92. The number of aryl methyl sites for hydroxylation is 1. The lowest BCUT2D eigenvalue weighted by molar-refractivity contribution is 0.0677. The minimum Gasteiger partial charge on any atom is -0.350 e. The number of carbonyl (C=O) groups is 2. The first-order valence-corrected chi connectivity index (χ1v) is 8.95. The third-order valence-corrected chi connectivity index (χ3v) is 4.45. The second kappa shape index (κ2) is 7.67. The summed E-state index contributed by atoms with van der Waals surface area (Å²) in [5, 5.41) is 10.9. The number of rotatable bonds is 5. The van der Waals surface area contributed by atoms with Crippen LogP contribution in [0.4, 0.5) is 0 Å². The first-order chi connectivity index (χ1) is 12.4. The number of carbonyl (C=O) groups excluding carboxylic acids is 2. The van der Waals surface area contributed by atoms with Crippen molar-refractivity contribution in [2.75, 3.05) is 19.6 Å². The van der Waals surface area contributed by atoms with E-state index >= 15 is 0 Å². The normalized spacial score (nSPS) is 15.5. The van der Waals surface area contributed by atoms with Gasteiger partial charge in [0.25, 0.3) is 11.8 Å². The van der Waals surface area contributed by atoms with Gasteiger partial charge in [0.15, 0.2) is 11.5 Å². The van der Waals surface area contributed by atoms with Crippen molar-refractivity contribution in [1.29, 1.82) is 0 Å². The van der Waals surface area contributed by atoms with Crippen molar-refractivity contribution >= 4 is 11.8 Å². The van der Waals surface area contributed by atoms with Crippen LogP contribution in [0.25, 0.3) is 0 Å². The van der Waals surface area contributed by atoms with E-state index in [1.54, 1.807) is 22.0 Å². The Morgan fingerprint density at radius 2 is 2.08 bits per heavy atom. The van der Waals surface area contributed by atoms with Crippen LogP contribution in [-0.4, -0.2) is 61.3 Å². The van der Waals surface area contributed by atoms with Gasteiger partial charge in [-0.15, -0.1) is 5.10 Å². The fourth-order valence-corrected chi connectivity index (χ4v) is 2.95. The number of hydrogen-bond acceptors (Lipinski definition) is 5. The Balaban J connectivity index is 1.55. The molecule has 0 atom stereocenters. The molecule has 2 amide bonds. The lowest BCUT2D eigenvalue weighted by Crippen LogP contribution is -2.39. The highest BCUT2D eigenvalue weighted by atomic mass is 16.2. The number of amides is 2. The van der Waals surface area contributed by atoms with Crippen molar-refractivity contribution in [1.82, 2.24) is 35.2 Å². The Morgan fingerprint density at radius 3 is 2.69 bits per heavy atom. The number of piperidine rings is 1. The molecule has 0 aromatic carbocycles. The van der Waals surface area contributed by atoms with Crippen LogP contribution in [0.5, 0.6) is 0 Å². The van der Waals surface area contributed by atoms with Crippen LogP contribution in [0.3, 0.4) is 0 Å². The molecule has 3 heterocycles. The Labute approximate surface area is 152 Å². The lowest BCUT2D eigenvalue weighted by atomic mass is 10.1. The van der Waals surface area contributed by atoms with E-state index in [9.17, 15) is 9.59 Å². The summed E-state index contributed by atoms with van der Waals surface area (Å²) >= 11 is 0. The summed E-state index contributed by atoms with van der Waals surface area (Å²) in [5.74, 6) is 0.481. The molecule has 0 saturated carbocycles. The van der Waals surface area contributed by atoms with Crippen molar-refractivity contribution in [3.05, 3.63) is 29.6 Å². The van der Waals surface area contributed by atoms with E-state index in [0.717, 1.165) is 18.5 Å². The van der Waals surface area contributed by atoms with Gasteiger partial charge >= 0.3 is 0 Å². The zero-order chi connectivity index (χ0) is 18.7. The molecule has 2 aromatic heterocycles. The summed E-state index contributed by atoms with van der Waals surface area (Å²) in [4.78, 5) is 33.3. The molecule has 2 N–H and O–H groups in total. The predicted octanol–water partition coefficient (Wildman–Crippen LogP) is 1.17. The van der Waals surface area contributed by atoms with Crippen LogP contribution in [0.1, 0.15) is 59.5 Å². The molecule has 26 heavy (non-hydrogen) atoms. The monoisotopic (exact) mass is 359 g/mol. The smallest absolute Gasteiger partial charge is 0.289 e. The quantitative estimate of drug-likeness (QED) is 0.833. The van der Waals surface area contributed by atoms with Crippen LogP contribution < -0.4 is 5.32 Å². The first kappa shape index (κ1) is 18.1. The van der Waals surface area contributed by atoms with E-state index in [4.69, 9.17) is 0 Å². The Kier molecular flexibility index (Phi) is 5.34. The van der Waals surface area contributed by atoms with E-state index in [1.165, 1.54) is 0 Å². The molecule has 1 saturated heterocycles. The summed E-state index contributed by atoms with van der Waals surface area (Å²) in [7, 11) is 0. The maximum atomic E-state index is 12.4. The summed E-state index contributed by atoms with van der Waals surface area (Å²) in [6.07, 6.45) is 4.87. The van der Waals surface area contributed by atoms with Gasteiger partial charge in [-0.25, -0.2) is 9.67 Å². The van der Waals surface area contributed by atoms with Crippen molar-refractivity contribution in [3.63, 3.8) is 0 Å². The molecular weight excluding hydrogens is 334 g/mol. The van der Waals surface area contributed by atoms with E-state index in [-0.39, 0.29) is 17.9 Å². The summed E-state index contributed by atoms with van der Waals surface area (Å²) < 4.78 is 1.74. The van der Waals surface area contributed by atoms with Gasteiger partial charge in [0.1, 0.15) is 0 Å². The molecule has 0 unspecified atom stereocenters. The van der Waals surface area contributed by atoms with Gasteiger partial charge in [0.2, 0.25) is 0 Å².